The minimum Gasteiger partial charge on any atom is -0.454 e. The van der Waals surface area contributed by atoms with Crippen LogP contribution in [0.4, 0.5) is 0 Å². The number of tetrazole rings is 1. The predicted molar refractivity (Wildman–Crippen MR) is 82.2 cm³/mol. The van der Waals surface area contributed by atoms with E-state index in [1.54, 1.807) is 0 Å². The summed E-state index contributed by atoms with van der Waals surface area (Å²) in [4.78, 5) is 24.1. The third-order valence-corrected chi connectivity index (χ3v) is 2.97. The summed E-state index contributed by atoms with van der Waals surface area (Å²) >= 11 is 0. The summed E-state index contributed by atoms with van der Waals surface area (Å²) in [7, 11) is 0. The number of nitrogens with one attached hydrogen (secondary N) is 1. The molecule has 2 aromatic rings. The lowest BCUT2D eigenvalue weighted by Crippen LogP contribution is -2.30. The Kier molecular flexibility index (Phi) is 5.79. The summed E-state index contributed by atoms with van der Waals surface area (Å²) in [6.07, 6.45) is 0.824. The van der Waals surface area contributed by atoms with Crippen molar-refractivity contribution in [1.82, 2.24) is 25.5 Å². The Bertz CT molecular complexity index is 666. The van der Waals surface area contributed by atoms with Gasteiger partial charge in [-0.2, -0.15) is 4.80 Å². The van der Waals surface area contributed by atoms with Gasteiger partial charge in [-0.15, -0.1) is 10.2 Å². The zero-order valence-electron chi connectivity index (χ0n) is 13.2. The van der Waals surface area contributed by atoms with E-state index in [1.807, 2.05) is 38.1 Å². The zero-order chi connectivity index (χ0) is 16.7. The number of carbonyl (C=O) groups excluding carboxylic acids is 2. The SMILES string of the molecule is CCCNC(=O)COC(=O)Cn1nnc(-c2ccc(C)cc2)n1. The van der Waals surface area contributed by atoms with E-state index < -0.39 is 5.97 Å². The molecule has 1 aromatic carbocycles. The number of hydrogen-bond donors (Lipinski definition) is 1. The highest BCUT2D eigenvalue weighted by atomic mass is 16.5. The summed E-state index contributed by atoms with van der Waals surface area (Å²) in [6, 6.07) is 7.65. The molecule has 1 amide bonds. The number of benzene rings is 1. The van der Waals surface area contributed by atoms with Crippen molar-refractivity contribution in [2.75, 3.05) is 13.2 Å². The highest BCUT2D eigenvalue weighted by molar-refractivity contribution is 5.80. The number of nitrogens with zero attached hydrogens (tertiary/aromatic N) is 4. The average Bonchev–Trinajstić information content (AvgIpc) is 3.00. The second-order valence-corrected chi connectivity index (χ2v) is 5.02. The van der Waals surface area contributed by atoms with Gasteiger partial charge in [0.25, 0.3) is 5.91 Å². The molecule has 1 N–H and O–H groups in total. The smallest absolute Gasteiger partial charge is 0.330 e. The molecule has 0 saturated heterocycles. The molecule has 0 aliphatic heterocycles. The summed E-state index contributed by atoms with van der Waals surface area (Å²) in [5.41, 5.74) is 1.94. The van der Waals surface area contributed by atoms with Gasteiger partial charge in [-0.25, -0.2) is 4.79 Å². The van der Waals surface area contributed by atoms with Crippen LogP contribution in [0, 0.1) is 6.92 Å². The molecule has 0 radical (unpaired) electrons. The van der Waals surface area contributed by atoms with Crippen molar-refractivity contribution in [3.8, 4) is 11.4 Å². The highest BCUT2D eigenvalue weighted by Crippen LogP contribution is 2.13. The molecular formula is C15H19N5O3. The minimum absolute atomic E-state index is 0.195. The Hall–Kier alpha value is -2.77. The van der Waals surface area contributed by atoms with Gasteiger partial charge >= 0.3 is 5.97 Å². The van der Waals surface area contributed by atoms with Crippen molar-refractivity contribution in [3.05, 3.63) is 29.8 Å². The molecule has 0 unspecified atom stereocenters. The van der Waals surface area contributed by atoms with E-state index >= 15 is 0 Å². The van der Waals surface area contributed by atoms with E-state index in [-0.39, 0.29) is 19.1 Å². The number of aryl methyl sites for hydroxylation is 1. The first-order valence-corrected chi connectivity index (χ1v) is 7.35. The molecule has 1 aromatic heterocycles. The monoisotopic (exact) mass is 317 g/mol. The Morgan fingerprint density at radius 1 is 1.26 bits per heavy atom. The number of aromatic nitrogens is 4. The fourth-order valence-corrected chi connectivity index (χ4v) is 1.75. The van der Waals surface area contributed by atoms with Gasteiger partial charge in [-0.1, -0.05) is 36.8 Å². The Labute approximate surface area is 133 Å². The van der Waals surface area contributed by atoms with Gasteiger partial charge in [0.1, 0.15) is 0 Å². The third kappa shape index (κ3) is 5.17. The molecule has 0 atom stereocenters. The molecule has 2 rings (SSSR count). The van der Waals surface area contributed by atoms with Crippen LogP contribution in [0.15, 0.2) is 24.3 Å². The van der Waals surface area contributed by atoms with Gasteiger partial charge in [0.15, 0.2) is 13.2 Å². The van der Waals surface area contributed by atoms with Crippen molar-refractivity contribution in [1.29, 1.82) is 0 Å². The lowest BCUT2D eigenvalue weighted by molar-refractivity contribution is -0.149. The van der Waals surface area contributed by atoms with Gasteiger partial charge in [0.05, 0.1) is 0 Å². The highest BCUT2D eigenvalue weighted by Gasteiger charge is 2.11. The topological polar surface area (TPSA) is 99.0 Å². The first-order chi connectivity index (χ1) is 11.1. The fourth-order valence-electron chi connectivity index (χ4n) is 1.75. The lowest BCUT2D eigenvalue weighted by atomic mass is 10.1. The van der Waals surface area contributed by atoms with Crippen LogP contribution in [0.5, 0.6) is 0 Å². The Morgan fingerprint density at radius 2 is 2.00 bits per heavy atom. The van der Waals surface area contributed by atoms with Crippen LogP contribution in [-0.2, 0) is 20.9 Å². The van der Waals surface area contributed by atoms with Crippen molar-refractivity contribution in [2.24, 2.45) is 0 Å². The van der Waals surface area contributed by atoms with Gasteiger partial charge in [-0.3, -0.25) is 4.79 Å². The van der Waals surface area contributed by atoms with Crippen molar-refractivity contribution >= 4 is 11.9 Å². The molecular weight excluding hydrogens is 298 g/mol. The first kappa shape index (κ1) is 16.6. The molecule has 1 heterocycles. The number of rotatable bonds is 7. The maximum Gasteiger partial charge on any atom is 0.330 e. The predicted octanol–water partition coefficient (Wildman–Crippen LogP) is 0.718. The van der Waals surface area contributed by atoms with E-state index in [2.05, 4.69) is 20.7 Å². The van der Waals surface area contributed by atoms with Crippen LogP contribution in [0.3, 0.4) is 0 Å². The molecule has 8 heteroatoms. The molecule has 0 spiro atoms. The minimum atomic E-state index is -0.593. The number of carbonyl (C=O) groups is 2. The molecule has 23 heavy (non-hydrogen) atoms. The van der Waals surface area contributed by atoms with E-state index in [9.17, 15) is 9.59 Å². The summed E-state index contributed by atoms with van der Waals surface area (Å²) < 4.78 is 4.86. The van der Waals surface area contributed by atoms with E-state index in [1.165, 1.54) is 0 Å². The Balaban J connectivity index is 1.85. The molecule has 0 fully saturated rings. The quantitative estimate of drug-likeness (QED) is 0.755. The van der Waals surface area contributed by atoms with Gasteiger partial charge in [0, 0.05) is 12.1 Å². The van der Waals surface area contributed by atoms with Crippen LogP contribution in [0.2, 0.25) is 0 Å². The number of amides is 1. The second kappa shape index (κ2) is 8.02. The van der Waals surface area contributed by atoms with Crippen molar-refractivity contribution < 1.29 is 14.3 Å². The van der Waals surface area contributed by atoms with Crippen LogP contribution in [0.1, 0.15) is 18.9 Å². The number of esters is 1. The maximum atomic E-state index is 11.7. The summed E-state index contributed by atoms with van der Waals surface area (Å²) in [5.74, 6) is -0.491. The molecule has 8 nitrogen and oxygen atoms in total. The van der Waals surface area contributed by atoms with E-state index in [4.69, 9.17) is 4.74 Å². The van der Waals surface area contributed by atoms with Gasteiger partial charge < -0.3 is 10.1 Å². The normalized spacial score (nSPS) is 10.3. The first-order valence-electron chi connectivity index (χ1n) is 7.35. The molecule has 0 saturated carbocycles. The van der Waals surface area contributed by atoms with Gasteiger partial charge in [-0.05, 0) is 18.6 Å². The van der Waals surface area contributed by atoms with E-state index in [0.717, 1.165) is 22.3 Å². The van der Waals surface area contributed by atoms with Crippen LogP contribution in [-0.4, -0.2) is 45.2 Å². The molecule has 0 aliphatic carbocycles. The standard InChI is InChI=1S/C15H19N5O3/c1-3-8-16-13(21)10-23-14(22)9-20-18-15(17-19-20)12-6-4-11(2)5-7-12/h4-7H,3,8-10H2,1-2H3,(H,16,21). The van der Waals surface area contributed by atoms with Crippen LogP contribution < -0.4 is 5.32 Å². The van der Waals surface area contributed by atoms with E-state index in [0.29, 0.717) is 12.4 Å². The fraction of sp³-hybridized carbons (Fsp3) is 0.400. The largest absolute Gasteiger partial charge is 0.454 e. The Morgan fingerprint density at radius 3 is 2.70 bits per heavy atom. The third-order valence-electron chi connectivity index (χ3n) is 2.97. The number of hydrogen-bond acceptors (Lipinski definition) is 6. The lowest BCUT2D eigenvalue weighted by Gasteiger charge is -2.04. The average molecular weight is 317 g/mol. The van der Waals surface area contributed by atoms with Crippen molar-refractivity contribution in [2.45, 2.75) is 26.8 Å². The summed E-state index contributed by atoms with van der Waals surface area (Å²) in [5, 5.41) is 14.4. The van der Waals surface area contributed by atoms with Crippen LogP contribution >= 0.6 is 0 Å². The second-order valence-electron chi connectivity index (χ2n) is 5.02. The van der Waals surface area contributed by atoms with Gasteiger partial charge in [0.2, 0.25) is 5.82 Å². The maximum absolute atomic E-state index is 11.7. The zero-order valence-corrected chi connectivity index (χ0v) is 13.2. The summed E-state index contributed by atoms with van der Waals surface area (Å²) in [6.45, 7) is 3.98. The van der Waals surface area contributed by atoms with Crippen LogP contribution in [0.25, 0.3) is 11.4 Å². The molecule has 122 valence electrons. The molecule has 0 bridgehead atoms. The number of ether oxygens (including phenoxy) is 1. The van der Waals surface area contributed by atoms with Crippen molar-refractivity contribution in [3.63, 3.8) is 0 Å². The molecule has 0 aliphatic rings.